The van der Waals surface area contributed by atoms with Crippen molar-refractivity contribution < 1.29 is 13.2 Å². The van der Waals surface area contributed by atoms with Crippen molar-refractivity contribution in [1.82, 2.24) is 9.61 Å². The van der Waals surface area contributed by atoms with E-state index < -0.39 is 17.3 Å². The minimum absolute atomic E-state index is 0.0223. The average Bonchev–Trinajstić information content (AvgIpc) is 2.81. The van der Waals surface area contributed by atoms with Gasteiger partial charge in [0.15, 0.2) is 5.82 Å². The second kappa shape index (κ2) is 4.93. The quantitative estimate of drug-likeness (QED) is 0.665. The van der Waals surface area contributed by atoms with Crippen molar-refractivity contribution in [1.29, 1.82) is 0 Å². The Kier molecular flexibility index (Phi) is 3.07. The number of nitrogens with zero attached hydrogens (tertiary/aromatic N) is 3. The number of aliphatic imine (C=N–C) groups is 1. The van der Waals surface area contributed by atoms with E-state index in [2.05, 4.69) is 5.10 Å². The number of fused-ring (bicyclic) bond motifs is 2. The molecular formula is C18H14F3N3. The van der Waals surface area contributed by atoms with Crippen molar-refractivity contribution in [2.75, 3.05) is 0 Å². The van der Waals surface area contributed by atoms with Gasteiger partial charge < -0.3 is 0 Å². The maximum absolute atomic E-state index is 14.2. The molecule has 0 fully saturated rings. The maximum Gasteiger partial charge on any atom is 0.217 e. The molecule has 1 aliphatic rings. The molecule has 0 aliphatic carbocycles. The van der Waals surface area contributed by atoms with Crippen LogP contribution in [0.1, 0.15) is 30.5 Å². The molecule has 0 spiro atoms. The van der Waals surface area contributed by atoms with Gasteiger partial charge in [0.1, 0.15) is 11.3 Å². The van der Waals surface area contributed by atoms with E-state index in [4.69, 9.17) is 4.99 Å². The second-order valence-corrected chi connectivity index (χ2v) is 6.57. The number of aromatic nitrogens is 2. The van der Waals surface area contributed by atoms with Crippen LogP contribution in [-0.4, -0.2) is 20.9 Å². The Morgan fingerprint density at radius 2 is 1.88 bits per heavy atom. The molecule has 1 aliphatic heterocycles. The molecule has 3 heterocycles. The summed E-state index contributed by atoms with van der Waals surface area (Å²) in [4.78, 5) is 4.69. The molecule has 0 atom stereocenters. The van der Waals surface area contributed by atoms with Crippen LogP contribution in [0.25, 0.3) is 5.52 Å². The van der Waals surface area contributed by atoms with E-state index in [1.54, 1.807) is 12.1 Å². The highest BCUT2D eigenvalue weighted by atomic mass is 19.1. The molecule has 3 nitrogen and oxygen atoms in total. The highest BCUT2D eigenvalue weighted by Gasteiger charge is 2.29. The van der Waals surface area contributed by atoms with Gasteiger partial charge in [0, 0.05) is 23.6 Å². The summed E-state index contributed by atoms with van der Waals surface area (Å²) in [7, 11) is 0. The molecule has 0 saturated heterocycles. The summed E-state index contributed by atoms with van der Waals surface area (Å²) in [6.45, 7) is 3.82. The number of benzene rings is 1. The van der Waals surface area contributed by atoms with E-state index in [-0.39, 0.29) is 11.3 Å². The molecule has 122 valence electrons. The molecular weight excluding hydrogens is 315 g/mol. The monoisotopic (exact) mass is 329 g/mol. The van der Waals surface area contributed by atoms with Gasteiger partial charge in [0.2, 0.25) is 5.95 Å². The summed E-state index contributed by atoms with van der Waals surface area (Å²) in [6, 6.07) is 7.09. The first-order valence-corrected chi connectivity index (χ1v) is 7.56. The van der Waals surface area contributed by atoms with E-state index in [9.17, 15) is 13.2 Å². The fraction of sp³-hybridized carbons (Fsp3) is 0.222. The summed E-state index contributed by atoms with van der Waals surface area (Å²) in [5, 5.41) is 3.95. The lowest BCUT2D eigenvalue weighted by Gasteiger charge is -2.29. The van der Waals surface area contributed by atoms with Crippen LogP contribution in [0.2, 0.25) is 0 Å². The summed E-state index contributed by atoms with van der Waals surface area (Å²) in [5.74, 6) is -1.76. The van der Waals surface area contributed by atoms with E-state index in [0.29, 0.717) is 28.8 Å². The van der Waals surface area contributed by atoms with Crippen molar-refractivity contribution in [3.8, 4) is 0 Å². The molecule has 0 unspecified atom stereocenters. The van der Waals surface area contributed by atoms with Gasteiger partial charge in [-0.25, -0.2) is 13.3 Å². The van der Waals surface area contributed by atoms with Crippen LogP contribution in [0.15, 0.2) is 41.5 Å². The Morgan fingerprint density at radius 1 is 1.08 bits per heavy atom. The number of hydrogen-bond acceptors (Lipinski definition) is 2. The second-order valence-electron chi connectivity index (χ2n) is 6.57. The predicted octanol–water partition coefficient (Wildman–Crippen LogP) is 3.92. The highest BCUT2D eigenvalue weighted by molar-refractivity contribution is 6.14. The van der Waals surface area contributed by atoms with Crippen LogP contribution in [0.4, 0.5) is 13.2 Å². The normalized spacial score (nSPS) is 16.1. The Hall–Kier alpha value is -2.63. The summed E-state index contributed by atoms with van der Waals surface area (Å²) >= 11 is 0. The molecule has 6 heteroatoms. The van der Waals surface area contributed by atoms with Crippen molar-refractivity contribution in [3.05, 3.63) is 70.8 Å². The molecule has 4 rings (SSSR count). The lowest BCUT2D eigenvalue weighted by molar-refractivity contribution is 0.492. The van der Waals surface area contributed by atoms with Crippen molar-refractivity contribution >= 4 is 11.2 Å². The van der Waals surface area contributed by atoms with Crippen LogP contribution in [0.3, 0.4) is 0 Å². The Bertz CT molecular complexity index is 1000. The third kappa shape index (κ3) is 2.21. The first kappa shape index (κ1) is 14.9. The zero-order chi connectivity index (χ0) is 17.1. The van der Waals surface area contributed by atoms with Gasteiger partial charge in [-0.05, 0) is 31.5 Å². The minimum atomic E-state index is -0.772. The predicted molar refractivity (Wildman–Crippen MR) is 84.9 cm³/mol. The van der Waals surface area contributed by atoms with Gasteiger partial charge in [-0.3, -0.25) is 4.99 Å². The van der Waals surface area contributed by atoms with E-state index >= 15 is 0 Å². The lowest BCUT2D eigenvalue weighted by atomic mass is 9.85. The van der Waals surface area contributed by atoms with Gasteiger partial charge in [-0.1, -0.05) is 12.1 Å². The lowest BCUT2D eigenvalue weighted by Crippen LogP contribution is -2.30. The molecule has 0 saturated carbocycles. The topological polar surface area (TPSA) is 29.7 Å². The fourth-order valence-electron chi connectivity index (χ4n) is 3.15. The van der Waals surface area contributed by atoms with E-state index in [0.717, 1.165) is 10.6 Å². The van der Waals surface area contributed by atoms with Gasteiger partial charge in [-0.15, -0.1) is 0 Å². The highest BCUT2D eigenvalue weighted by Crippen LogP contribution is 2.31. The largest absolute Gasteiger partial charge is 0.278 e. The van der Waals surface area contributed by atoms with Crippen LogP contribution >= 0.6 is 0 Å². The van der Waals surface area contributed by atoms with E-state index in [1.807, 2.05) is 13.8 Å². The third-order valence-electron chi connectivity index (χ3n) is 4.20. The van der Waals surface area contributed by atoms with Crippen LogP contribution in [0.5, 0.6) is 0 Å². The standard InChI is InChI=1S/C18H14F3N3/c1-18(2)8-12-11(4-3-5-13(12)19)17(23-18)10-6-15-14(20)7-16(21)24(15)22-9-10/h3-7,9H,8H2,1-2H3. The first-order chi connectivity index (χ1) is 11.4. The summed E-state index contributed by atoms with van der Waals surface area (Å²) in [5.41, 5.74) is 1.83. The average molecular weight is 329 g/mol. The Morgan fingerprint density at radius 3 is 2.67 bits per heavy atom. The minimum Gasteiger partial charge on any atom is -0.278 e. The van der Waals surface area contributed by atoms with Gasteiger partial charge in [0.05, 0.1) is 17.4 Å². The van der Waals surface area contributed by atoms with Crippen molar-refractivity contribution in [2.24, 2.45) is 4.99 Å². The van der Waals surface area contributed by atoms with E-state index in [1.165, 1.54) is 18.3 Å². The molecule has 0 amide bonds. The number of hydrogen-bond donors (Lipinski definition) is 0. The van der Waals surface area contributed by atoms with Crippen molar-refractivity contribution in [3.63, 3.8) is 0 Å². The van der Waals surface area contributed by atoms with Crippen LogP contribution in [-0.2, 0) is 6.42 Å². The molecule has 24 heavy (non-hydrogen) atoms. The third-order valence-corrected chi connectivity index (χ3v) is 4.20. The smallest absolute Gasteiger partial charge is 0.217 e. The van der Waals surface area contributed by atoms with Crippen molar-refractivity contribution in [2.45, 2.75) is 25.8 Å². The molecule has 0 bridgehead atoms. The molecule has 0 radical (unpaired) electrons. The zero-order valence-electron chi connectivity index (χ0n) is 13.1. The summed E-state index contributed by atoms with van der Waals surface area (Å²) < 4.78 is 42.6. The molecule has 0 N–H and O–H groups in total. The molecule has 2 aromatic heterocycles. The zero-order valence-corrected chi connectivity index (χ0v) is 13.1. The first-order valence-electron chi connectivity index (χ1n) is 7.56. The van der Waals surface area contributed by atoms with Crippen LogP contribution in [0, 0.1) is 17.6 Å². The maximum atomic E-state index is 14.2. The van der Waals surface area contributed by atoms with Gasteiger partial charge in [0.25, 0.3) is 0 Å². The van der Waals surface area contributed by atoms with Crippen LogP contribution < -0.4 is 0 Å². The number of rotatable bonds is 1. The SMILES string of the molecule is CC1(C)Cc2c(F)cccc2C(c2cnn3c(F)cc(F)c3c2)=N1. The Labute approximate surface area is 136 Å². The number of halogens is 3. The Balaban J connectivity index is 1.97. The fourth-order valence-corrected chi connectivity index (χ4v) is 3.15. The van der Waals surface area contributed by atoms with Gasteiger partial charge in [-0.2, -0.15) is 9.49 Å². The van der Waals surface area contributed by atoms with Gasteiger partial charge >= 0.3 is 0 Å². The molecule has 1 aromatic carbocycles. The summed E-state index contributed by atoms with van der Waals surface area (Å²) in [6.07, 6.45) is 1.90. The molecule has 3 aromatic rings.